The highest BCUT2D eigenvalue weighted by Gasteiger charge is 2.22. The summed E-state index contributed by atoms with van der Waals surface area (Å²) in [5, 5.41) is 17.8. The van der Waals surface area contributed by atoms with Gasteiger partial charge >= 0.3 is 0 Å². The molecule has 3 N–H and O–H groups in total. The number of anilines is 1. The van der Waals surface area contributed by atoms with Gasteiger partial charge in [0.2, 0.25) is 0 Å². The summed E-state index contributed by atoms with van der Waals surface area (Å²) < 4.78 is 0. The molecule has 0 bridgehead atoms. The van der Waals surface area contributed by atoms with Crippen molar-refractivity contribution in [3.63, 3.8) is 0 Å². The van der Waals surface area contributed by atoms with E-state index in [1.165, 1.54) is 115 Å². The number of aryl methyl sites for hydroxylation is 1. The van der Waals surface area contributed by atoms with Crippen LogP contribution in [0.2, 0.25) is 0 Å². The van der Waals surface area contributed by atoms with Crippen LogP contribution in [0, 0.1) is 12.8 Å². The van der Waals surface area contributed by atoms with Crippen molar-refractivity contribution in [1.29, 1.82) is 0 Å². The van der Waals surface area contributed by atoms with Crippen LogP contribution >= 0.6 is 0 Å². The van der Waals surface area contributed by atoms with Crippen molar-refractivity contribution >= 4 is 23.2 Å². The summed E-state index contributed by atoms with van der Waals surface area (Å²) >= 11 is 0. The lowest BCUT2D eigenvalue weighted by Crippen LogP contribution is -2.24. The number of hydrogen-bond acceptors (Lipinski definition) is 5. The number of aliphatic hydroxyl groups is 2. The second kappa shape index (κ2) is 32.7. The third kappa shape index (κ3) is 18.7. The first kappa shape index (κ1) is 54.2. The molecule has 5 nitrogen and oxygen atoms in total. The lowest BCUT2D eigenvalue weighted by Gasteiger charge is -2.29. The third-order valence-electron chi connectivity index (χ3n) is 11.8. The number of allylic oxidation sites excluding steroid dienone is 3. The van der Waals surface area contributed by atoms with Gasteiger partial charge < -0.3 is 20.4 Å². The summed E-state index contributed by atoms with van der Waals surface area (Å²) in [6.45, 7) is 18.8. The smallest absolute Gasteiger partial charge is 0.150 e. The summed E-state index contributed by atoms with van der Waals surface area (Å²) in [6, 6.07) is 36.4. The van der Waals surface area contributed by atoms with Crippen LogP contribution in [0.4, 0.5) is 5.69 Å². The summed E-state index contributed by atoms with van der Waals surface area (Å²) in [4.78, 5) is 13.1. The van der Waals surface area contributed by atoms with Crippen LogP contribution in [0.15, 0.2) is 139 Å². The average Bonchev–Trinajstić information content (AvgIpc) is 3.53. The van der Waals surface area contributed by atoms with Crippen molar-refractivity contribution in [3.8, 4) is 0 Å². The monoisotopic (exact) mass is 855 g/mol. The Hall–Kier alpha value is -4.97. The molecule has 0 aromatic heterocycles. The first-order valence-corrected chi connectivity index (χ1v) is 23.8. The van der Waals surface area contributed by atoms with Crippen molar-refractivity contribution in [2.24, 2.45) is 5.92 Å². The van der Waals surface area contributed by atoms with Crippen molar-refractivity contribution in [2.45, 2.75) is 137 Å². The molecule has 0 atom stereocenters. The van der Waals surface area contributed by atoms with Gasteiger partial charge in [0.1, 0.15) is 6.29 Å². The highest BCUT2D eigenvalue weighted by atomic mass is 16.2. The van der Waals surface area contributed by atoms with Crippen LogP contribution in [0.3, 0.4) is 0 Å². The van der Waals surface area contributed by atoms with Gasteiger partial charge in [-0.25, -0.2) is 0 Å². The minimum Gasteiger partial charge on any atom is -0.400 e. The molecular formula is C58H82N2O3. The number of rotatable bonds is 13. The molecule has 7 rings (SSSR count). The average molecular weight is 855 g/mol. The van der Waals surface area contributed by atoms with Gasteiger partial charge in [-0.1, -0.05) is 188 Å². The Kier molecular flexibility index (Phi) is 28.1. The predicted molar refractivity (Wildman–Crippen MR) is 274 cm³/mol. The Bertz CT molecular complexity index is 1910. The zero-order valence-electron chi connectivity index (χ0n) is 40.3. The standard InChI is InChI=1S/C35H40N2.C15H20O.C4H8.C2H6.2CH4O/c1-5-6-9-21-34(36-31-23-22-28(4)33(25-31)27(2)3)32-20-14-15-24-37(26-29-16-10-7-11-17-29)35(32)30-18-12-8-13-19-30;1-2-12-3-7-14(8-4-12)15-9-5-13(11-16)6-10-15;1-2-4-3-1;3*1-2/h7-8,10-14,16-23,25,36H,2,5-6,9,15,24,26H2,1,3-4H3;5-6,9-12,14H,2-4,7-8H2,1H3;1-4H2;1-2H3;2*2H,1H3/b34-21-;;;;;. The van der Waals surface area contributed by atoms with E-state index in [9.17, 15) is 4.79 Å². The van der Waals surface area contributed by atoms with Gasteiger partial charge in [-0.3, -0.25) is 4.79 Å². The Balaban J connectivity index is 0.000000430. The minimum absolute atomic E-state index is 0.725. The zero-order valence-corrected chi connectivity index (χ0v) is 40.3. The van der Waals surface area contributed by atoms with Crippen molar-refractivity contribution in [1.82, 2.24) is 4.90 Å². The summed E-state index contributed by atoms with van der Waals surface area (Å²) in [5.74, 6) is 1.68. The third-order valence-corrected chi connectivity index (χ3v) is 11.8. The van der Waals surface area contributed by atoms with Crippen LogP contribution in [0.5, 0.6) is 0 Å². The van der Waals surface area contributed by atoms with Gasteiger partial charge in [0.25, 0.3) is 0 Å². The number of nitrogens with one attached hydrogen (secondary N) is 1. The molecule has 63 heavy (non-hydrogen) atoms. The quantitative estimate of drug-likeness (QED) is 0.0923. The highest BCUT2D eigenvalue weighted by molar-refractivity contribution is 5.77. The molecule has 2 saturated carbocycles. The number of unbranched alkanes of at least 4 members (excludes halogenated alkanes) is 2. The molecule has 4 aromatic rings. The lowest BCUT2D eigenvalue weighted by molar-refractivity contribution is 0.112. The van der Waals surface area contributed by atoms with E-state index < -0.39 is 0 Å². The molecule has 1 aliphatic heterocycles. The summed E-state index contributed by atoms with van der Waals surface area (Å²) in [6.07, 6.45) is 25.1. The molecule has 5 heteroatoms. The molecule has 2 fully saturated rings. The molecule has 0 spiro atoms. The zero-order chi connectivity index (χ0) is 46.2. The maximum Gasteiger partial charge on any atom is 0.150 e. The fourth-order valence-corrected chi connectivity index (χ4v) is 7.90. The molecule has 0 saturated heterocycles. The second-order valence-electron chi connectivity index (χ2n) is 16.2. The number of benzene rings is 4. The predicted octanol–water partition coefficient (Wildman–Crippen LogP) is 15.4. The molecule has 0 amide bonds. The van der Waals surface area contributed by atoms with Crippen molar-refractivity contribution in [2.75, 3.05) is 26.1 Å². The first-order valence-electron chi connectivity index (χ1n) is 23.8. The van der Waals surface area contributed by atoms with Crippen LogP contribution in [-0.2, 0) is 6.54 Å². The van der Waals surface area contributed by atoms with Crippen LogP contribution in [-0.4, -0.2) is 42.2 Å². The fourth-order valence-electron chi connectivity index (χ4n) is 7.90. The molecule has 0 unspecified atom stereocenters. The van der Waals surface area contributed by atoms with Gasteiger partial charge in [0.05, 0.1) is 5.70 Å². The Morgan fingerprint density at radius 3 is 1.95 bits per heavy atom. The maximum atomic E-state index is 10.6. The Labute approximate surface area is 383 Å². The number of aliphatic hydroxyl groups excluding tert-OH is 2. The Morgan fingerprint density at radius 2 is 1.41 bits per heavy atom. The maximum absolute atomic E-state index is 10.6. The van der Waals surface area contributed by atoms with Gasteiger partial charge in [0.15, 0.2) is 0 Å². The lowest BCUT2D eigenvalue weighted by atomic mass is 9.78. The van der Waals surface area contributed by atoms with Gasteiger partial charge in [-0.05, 0) is 111 Å². The van der Waals surface area contributed by atoms with Crippen LogP contribution < -0.4 is 5.32 Å². The normalized spacial score (nSPS) is 16.5. The van der Waals surface area contributed by atoms with E-state index in [4.69, 9.17) is 10.2 Å². The molecular weight excluding hydrogens is 773 g/mol. The summed E-state index contributed by atoms with van der Waals surface area (Å²) in [5.41, 5.74) is 13.1. The van der Waals surface area contributed by atoms with E-state index in [1.807, 2.05) is 26.0 Å². The number of hydrogen-bond donors (Lipinski definition) is 3. The van der Waals surface area contributed by atoms with E-state index >= 15 is 0 Å². The van der Waals surface area contributed by atoms with Gasteiger partial charge in [0, 0.05) is 49.8 Å². The molecule has 342 valence electrons. The molecule has 3 aliphatic rings. The summed E-state index contributed by atoms with van der Waals surface area (Å²) in [7, 11) is 2.00. The SMILES string of the molecule is C1CCC1.C=C(C)c1cc(N/C(=C\CCCC)C2=C(c3ccccc3)N(Cc3ccccc3)CCC=C2)ccc1C.CC.CCC1CCC(c2ccc(C=O)cc2)CC1.CO.CO. The van der Waals surface area contributed by atoms with E-state index in [-0.39, 0.29) is 0 Å². The van der Waals surface area contributed by atoms with Crippen molar-refractivity contribution in [3.05, 3.63) is 173 Å². The molecule has 4 aromatic carbocycles. The number of aldehydes is 1. The molecule has 2 aliphatic carbocycles. The van der Waals surface area contributed by atoms with Crippen LogP contribution in [0.1, 0.15) is 162 Å². The van der Waals surface area contributed by atoms with E-state index in [0.717, 1.165) is 75.1 Å². The second-order valence-corrected chi connectivity index (χ2v) is 16.2. The minimum atomic E-state index is 0.725. The number of carbonyl (C=O) groups excluding carboxylic acids is 1. The first-order chi connectivity index (χ1) is 30.9. The van der Waals surface area contributed by atoms with Crippen LogP contribution in [0.25, 0.3) is 11.3 Å². The van der Waals surface area contributed by atoms with Crippen molar-refractivity contribution < 1.29 is 15.0 Å². The number of carbonyl (C=O) groups is 1. The fraction of sp³-hybridized carbons (Fsp3) is 0.431. The highest BCUT2D eigenvalue weighted by Crippen LogP contribution is 2.37. The topological polar surface area (TPSA) is 72.8 Å². The molecule has 1 heterocycles. The van der Waals surface area contributed by atoms with E-state index in [0.29, 0.717) is 0 Å². The van der Waals surface area contributed by atoms with E-state index in [1.54, 1.807) is 0 Å². The number of nitrogens with zero attached hydrogens (tertiary/aromatic N) is 1. The Morgan fingerprint density at radius 1 is 0.810 bits per heavy atom. The van der Waals surface area contributed by atoms with E-state index in [2.05, 4.69) is 154 Å². The van der Waals surface area contributed by atoms with Gasteiger partial charge in [-0.15, -0.1) is 0 Å². The van der Waals surface area contributed by atoms with Gasteiger partial charge in [-0.2, -0.15) is 0 Å². The molecule has 0 radical (unpaired) electrons. The largest absolute Gasteiger partial charge is 0.400 e.